The molecule has 5 nitrogen and oxygen atoms in total. The van der Waals surface area contributed by atoms with Gasteiger partial charge in [-0.3, -0.25) is 14.5 Å². The van der Waals surface area contributed by atoms with Gasteiger partial charge in [-0.15, -0.1) is 11.3 Å². The molecule has 0 radical (unpaired) electrons. The molecule has 0 aliphatic heterocycles. The Morgan fingerprint density at radius 3 is 3.09 bits per heavy atom. The molecule has 2 heterocycles. The summed E-state index contributed by atoms with van der Waals surface area (Å²) in [5.74, 6) is 1.42. The monoisotopic (exact) mass is 350 g/mol. The highest BCUT2D eigenvalue weighted by molar-refractivity contribution is 7.71. The van der Waals surface area contributed by atoms with Crippen molar-refractivity contribution >= 4 is 29.5 Å². The van der Waals surface area contributed by atoms with E-state index in [4.69, 9.17) is 12.2 Å². The van der Waals surface area contributed by atoms with Gasteiger partial charge in [-0.25, -0.2) is 0 Å². The fourth-order valence-corrected chi connectivity index (χ4v) is 4.25. The zero-order chi connectivity index (χ0) is 16.4. The molecule has 2 aromatic rings. The third-order valence-corrected chi connectivity index (χ3v) is 5.65. The molecule has 1 aliphatic carbocycles. The van der Waals surface area contributed by atoms with E-state index in [1.165, 1.54) is 12.8 Å². The fraction of sp³-hybridized carbons (Fsp3) is 0.562. The predicted molar refractivity (Wildman–Crippen MR) is 95.0 cm³/mol. The average Bonchev–Trinajstić information content (AvgIpc) is 3.15. The first-order valence-corrected chi connectivity index (χ1v) is 9.36. The number of carbonyl (C=O) groups is 1. The number of thiophene rings is 1. The van der Waals surface area contributed by atoms with E-state index in [0.29, 0.717) is 10.7 Å². The molecule has 1 aliphatic rings. The van der Waals surface area contributed by atoms with Crippen LogP contribution < -0.4 is 5.32 Å². The highest BCUT2D eigenvalue weighted by Gasteiger charge is 2.25. The van der Waals surface area contributed by atoms with Crippen LogP contribution in [-0.4, -0.2) is 26.7 Å². The van der Waals surface area contributed by atoms with Crippen molar-refractivity contribution < 1.29 is 4.79 Å². The van der Waals surface area contributed by atoms with Crippen LogP contribution in [0, 0.1) is 10.7 Å². The molecule has 1 saturated carbocycles. The van der Waals surface area contributed by atoms with Crippen LogP contribution in [-0.2, 0) is 4.79 Å². The van der Waals surface area contributed by atoms with E-state index in [1.54, 1.807) is 11.3 Å². The quantitative estimate of drug-likeness (QED) is 0.822. The van der Waals surface area contributed by atoms with Crippen molar-refractivity contribution in [1.29, 1.82) is 0 Å². The van der Waals surface area contributed by atoms with Crippen LogP contribution >= 0.6 is 23.6 Å². The molecule has 3 rings (SSSR count). The Balaban J connectivity index is 1.77. The van der Waals surface area contributed by atoms with Crippen molar-refractivity contribution in [1.82, 2.24) is 20.1 Å². The molecule has 0 bridgehead atoms. The number of rotatable bonds is 4. The van der Waals surface area contributed by atoms with Crippen molar-refractivity contribution in [2.24, 2.45) is 5.92 Å². The van der Waals surface area contributed by atoms with E-state index in [1.807, 2.05) is 29.0 Å². The lowest BCUT2D eigenvalue weighted by molar-refractivity contribution is -0.124. The number of aromatic amines is 1. The molecule has 124 valence electrons. The summed E-state index contributed by atoms with van der Waals surface area (Å²) >= 11 is 6.92. The maximum atomic E-state index is 12.7. The zero-order valence-electron chi connectivity index (χ0n) is 13.4. The smallest absolute Gasteiger partial charge is 0.243 e. The summed E-state index contributed by atoms with van der Waals surface area (Å²) in [6.07, 6.45) is 4.58. The Bertz CT molecular complexity index is 719. The molecule has 2 aromatic heterocycles. The van der Waals surface area contributed by atoms with E-state index in [9.17, 15) is 4.79 Å². The molecule has 1 fully saturated rings. The first kappa shape index (κ1) is 16.4. The number of nitrogens with one attached hydrogen (secondary N) is 2. The molecule has 3 atom stereocenters. The van der Waals surface area contributed by atoms with Crippen LogP contribution in [0.1, 0.15) is 45.6 Å². The van der Waals surface area contributed by atoms with Crippen LogP contribution in [0.25, 0.3) is 10.7 Å². The molecule has 7 heteroatoms. The van der Waals surface area contributed by atoms with E-state index < -0.39 is 0 Å². The third-order valence-electron chi connectivity index (χ3n) is 4.50. The van der Waals surface area contributed by atoms with Crippen molar-refractivity contribution in [3.05, 3.63) is 22.3 Å². The molecule has 0 spiro atoms. The summed E-state index contributed by atoms with van der Waals surface area (Å²) in [5.41, 5.74) is 0. The summed E-state index contributed by atoms with van der Waals surface area (Å²) in [6.45, 7) is 4.13. The number of amides is 1. The van der Waals surface area contributed by atoms with E-state index >= 15 is 0 Å². The molecule has 0 unspecified atom stereocenters. The molecule has 2 N–H and O–H groups in total. The van der Waals surface area contributed by atoms with E-state index in [-0.39, 0.29) is 18.0 Å². The Morgan fingerprint density at radius 2 is 2.39 bits per heavy atom. The van der Waals surface area contributed by atoms with E-state index in [0.717, 1.165) is 23.5 Å². The Hall–Kier alpha value is -1.47. The lowest BCUT2D eigenvalue weighted by Gasteiger charge is -2.28. The molecule has 0 saturated heterocycles. The summed E-state index contributed by atoms with van der Waals surface area (Å²) in [4.78, 5) is 13.7. The van der Waals surface area contributed by atoms with Crippen LogP contribution in [0.5, 0.6) is 0 Å². The Morgan fingerprint density at radius 1 is 1.57 bits per heavy atom. The van der Waals surface area contributed by atoms with Gasteiger partial charge in [0.05, 0.1) is 4.88 Å². The fourth-order valence-electron chi connectivity index (χ4n) is 3.25. The van der Waals surface area contributed by atoms with Crippen molar-refractivity contribution in [3.8, 4) is 10.7 Å². The lowest BCUT2D eigenvalue weighted by Crippen LogP contribution is -2.41. The van der Waals surface area contributed by atoms with Gasteiger partial charge in [0.25, 0.3) is 0 Å². The maximum absolute atomic E-state index is 12.7. The molecule has 0 aromatic carbocycles. The topological polar surface area (TPSA) is 62.7 Å². The second kappa shape index (κ2) is 6.97. The molecular formula is C16H22N4OS2. The van der Waals surface area contributed by atoms with Gasteiger partial charge in [0.2, 0.25) is 5.91 Å². The van der Waals surface area contributed by atoms with Gasteiger partial charge in [0.1, 0.15) is 6.04 Å². The van der Waals surface area contributed by atoms with Gasteiger partial charge in [0, 0.05) is 6.04 Å². The zero-order valence-corrected chi connectivity index (χ0v) is 15.0. The summed E-state index contributed by atoms with van der Waals surface area (Å²) in [6, 6.07) is 3.85. The number of aromatic nitrogens is 3. The SMILES string of the molecule is C[C@@H]1CCC[C@H](NC(=O)[C@H](C)n2c(-c3cccs3)n[nH]c2=S)C1. The van der Waals surface area contributed by atoms with Gasteiger partial charge in [-0.1, -0.05) is 25.8 Å². The number of H-pyrrole nitrogens is 1. The predicted octanol–water partition coefficient (Wildman–Crippen LogP) is 3.93. The first-order valence-electron chi connectivity index (χ1n) is 8.07. The standard InChI is InChI=1S/C16H22N4OS2/c1-10-5-3-6-12(9-10)17-15(21)11(2)20-14(18-19-16(20)22)13-7-4-8-23-13/h4,7-8,10-12H,3,5-6,9H2,1-2H3,(H,17,21)(H,19,22)/t10-,11+,12+/m1/s1. The van der Waals surface area contributed by atoms with Crippen LogP contribution in [0.4, 0.5) is 0 Å². The van der Waals surface area contributed by atoms with Crippen molar-refractivity contribution in [2.75, 3.05) is 0 Å². The summed E-state index contributed by atoms with van der Waals surface area (Å²) in [7, 11) is 0. The minimum atomic E-state index is -0.379. The molecular weight excluding hydrogens is 328 g/mol. The van der Waals surface area contributed by atoms with Crippen molar-refractivity contribution in [3.63, 3.8) is 0 Å². The van der Waals surface area contributed by atoms with Crippen LogP contribution in [0.3, 0.4) is 0 Å². The normalized spacial score (nSPS) is 22.7. The largest absolute Gasteiger partial charge is 0.352 e. The van der Waals surface area contributed by atoms with Crippen LogP contribution in [0.2, 0.25) is 0 Å². The van der Waals surface area contributed by atoms with Gasteiger partial charge in [-0.2, -0.15) is 5.10 Å². The molecule has 1 amide bonds. The van der Waals surface area contributed by atoms with Gasteiger partial charge < -0.3 is 5.32 Å². The van der Waals surface area contributed by atoms with Gasteiger partial charge in [0.15, 0.2) is 10.6 Å². The maximum Gasteiger partial charge on any atom is 0.243 e. The van der Waals surface area contributed by atoms with Gasteiger partial charge >= 0.3 is 0 Å². The Labute approximate surface area is 145 Å². The summed E-state index contributed by atoms with van der Waals surface area (Å²) < 4.78 is 2.29. The van der Waals surface area contributed by atoms with E-state index in [2.05, 4.69) is 22.4 Å². The highest BCUT2D eigenvalue weighted by atomic mass is 32.1. The van der Waals surface area contributed by atoms with Crippen LogP contribution in [0.15, 0.2) is 17.5 Å². The minimum absolute atomic E-state index is 0.0133. The number of hydrogen-bond donors (Lipinski definition) is 2. The summed E-state index contributed by atoms with van der Waals surface area (Å²) in [5, 5.41) is 12.3. The molecule has 23 heavy (non-hydrogen) atoms. The van der Waals surface area contributed by atoms with Gasteiger partial charge in [-0.05, 0) is 49.3 Å². The second-order valence-corrected chi connectivity index (χ2v) is 7.69. The number of nitrogens with zero attached hydrogens (tertiary/aromatic N) is 2. The number of carbonyl (C=O) groups excluding carboxylic acids is 1. The first-order chi connectivity index (χ1) is 11.1. The second-order valence-electron chi connectivity index (χ2n) is 6.35. The number of hydrogen-bond acceptors (Lipinski definition) is 4. The third kappa shape index (κ3) is 3.55. The Kier molecular flexibility index (Phi) is 4.96. The highest BCUT2D eigenvalue weighted by Crippen LogP contribution is 2.27. The van der Waals surface area contributed by atoms with Crippen molar-refractivity contribution in [2.45, 2.75) is 51.6 Å². The minimum Gasteiger partial charge on any atom is -0.352 e. The average molecular weight is 351 g/mol. The lowest BCUT2D eigenvalue weighted by atomic mass is 9.87.